The Morgan fingerprint density at radius 2 is 2.25 bits per heavy atom. The van der Waals surface area contributed by atoms with Gasteiger partial charge in [0.25, 0.3) is 0 Å². The maximum atomic E-state index is 8.61. The Balaban J connectivity index is 1.98. The highest BCUT2D eigenvalue weighted by atomic mass is 16.3. The predicted octanol–water partition coefficient (Wildman–Crippen LogP) is 1.41. The fraction of sp³-hybridized carbons (Fsp3) is 1.00. The lowest BCUT2D eigenvalue weighted by molar-refractivity contribution is 0.225. The maximum Gasteiger partial charge on any atom is 0.0456 e. The number of aliphatic hydroxyl groups excluding tert-OH is 1. The SMILES string of the molecule is C[C@@H](CO)CC1CC1. The molecule has 0 aromatic heterocycles. The summed E-state index contributed by atoms with van der Waals surface area (Å²) in [4.78, 5) is 0. The van der Waals surface area contributed by atoms with E-state index in [1.807, 2.05) is 0 Å². The van der Waals surface area contributed by atoms with Crippen LogP contribution in [0.4, 0.5) is 0 Å². The first-order valence-corrected chi connectivity index (χ1v) is 3.43. The van der Waals surface area contributed by atoms with Crippen LogP contribution >= 0.6 is 0 Å². The Bertz CT molecular complexity index is 66.8. The fourth-order valence-corrected chi connectivity index (χ4v) is 0.997. The van der Waals surface area contributed by atoms with Crippen LogP contribution in [-0.2, 0) is 0 Å². The van der Waals surface area contributed by atoms with Gasteiger partial charge < -0.3 is 5.11 Å². The summed E-state index contributed by atoms with van der Waals surface area (Å²) in [5, 5.41) is 8.61. The molecule has 0 amide bonds. The zero-order valence-corrected chi connectivity index (χ0v) is 5.43. The van der Waals surface area contributed by atoms with Crippen LogP contribution in [0.2, 0.25) is 0 Å². The summed E-state index contributed by atoms with van der Waals surface area (Å²) >= 11 is 0. The van der Waals surface area contributed by atoms with Crippen molar-refractivity contribution in [3.8, 4) is 0 Å². The Hall–Kier alpha value is -0.0400. The third kappa shape index (κ3) is 1.83. The fourth-order valence-electron chi connectivity index (χ4n) is 0.997. The quantitative estimate of drug-likeness (QED) is 0.588. The van der Waals surface area contributed by atoms with Crippen molar-refractivity contribution in [2.24, 2.45) is 11.8 Å². The molecule has 1 atom stereocenters. The van der Waals surface area contributed by atoms with Crippen LogP contribution in [0.5, 0.6) is 0 Å². The van der Waals surface area contributed by atoms with E-state index in [4.69, 9.17) is 5.11 Å². The summed E-state index contributed by atoms with van der Waals surface area (Å²) in [6.45, 7) is 2.48. The van der Waals surface area contributed by atoms with E-state index in [1.54, 1.807) is 0 Å². The van der Waals surface area contributed by atoms with Gasteiger partial charge in [0.1, 0.15) is 0 Å². The molecule has 1 saturated carbocycles. The van der Waals surface area contributed by atoms with Gasteiger partial charge >= 0.3 is 0 Å². The van der Waals surface area contributed by atoms with Crippen molar-refractivity contribution >= 4 is 0 Å². The van der Waals surface area contributed by atoms with Crippen LogP contribution in [-0.4, -0.2) is 11.7 Å². The second-order valence-corrected chi connectivity index (χ2v) is 2.97. The minimum Gasteiger partial charge on any atom is -0.396 e. The van der Waals surface area contributed by atoms with Gasteiger partial charge in [-0.05, 0) is 18.3 Å². The van der Waals surface area contributed by atoms with E-state index in [0.29, 0.717) is 12.5 Å². The van der Waals surface area contributed by atoms with Crippen molar-refractivity contribution in [1.29, 1.82) is 0 Å². The lowest BCUT2D eigenvalue weighted by Crippen LogP contribution is -2.00. The van der Waals surface area contributed by atoms with Crippen molar-refractivity contribution in [2.45, 2.75) is 26.2 Å². The molecule has 48 valence electrons. The molecule has 1 N–H and O–H groups in total. The topological polar surface area (TPSA) is 20.2 Å². The molecule has 1 heteroatoms. The van der Waals surface area contributed by atoms with Crippen molar-refractivity contribution in [3.63, 3.8) is 0 Å². The molecular formula is C7H14O. The van der Waals surface area contributed by atoms with Crippen molar-refractivity contribution in [3.05, 3.63) is 0 Å². The van der Waals surface area contributed by atoms with E-state index in [2.05, 4.69) is 6.92 Å². The van der Waals surface area contributed by atoms with Gasteiger partial charge in [0.05, 0.1) is 0 Å². The number of aliphatic hydroxyl groups is 1. The van der Waals surface area contributed by atoms with E-state index >= 15 is 0 Å². The number of rotatable bonds is 3. The number of hydrogen-bond donors (Lipinski definition) is 1. The second-order valence-electron chi connectivity index (χ2n) is 2.97. The zero-order chi connectivity index (χ0) is 5.98. The van der Waals surface area contributed by atoms with Crippen LogP contribution in [0.25, 0.3) is 0 Å². The van der Waals surface area contributed by atoms with Crippen LogP contribution in [0.3, 0.4) is 0 Å². The lowest BCUT2D eigenvalue weighted by atomic mass is 10.1. The molecule has 0 aromatic carbocycles. The molecule has 1 aliphatic rings. The highest BCUT2D eigenvalue weighted by Gasteiger charge is 2.22. The maximum absolute atomic E-state index is 8.61. The lowest BCUT2D eigenvalue weighted by Gasteiger charge is -2.03. The predicted molar refractivity (Wildman–Crippen MR) is 33.6 cm³/mol. The third-order valence-corrected chi connectivity index (χ3v) is 1.74. The molecule has 0 aromatic rings. The van der Waals surface area contributed by atoms with Gasteiger partial charge in [0, 0.05) is 6.61 Å². The number of hydrogen-bond acceptors (Lipinski definition) is 1. The Morgan fingerprint density at radius 1 is 1.62 bits per heavy atom. The van der Waals surface area contributed by atoms with Gasteiger partial charge in [-0.25, -0.2) is 0 Å². The standard InChI is InChI=1S/C7H14O/c1-6(5-8)4-7-2-3-7/h6-8H,2-5H2,1H3/t6-/m1/s1. The highest BCUT2D eigenvalue weighted by molar-refractivity contribution is 4.74. The summed E-state index contributed by atoms with van der Waals surface area (Å²) in [6, 6.07) is 0. The monoisotopic (exact) mass is 114 g/mol. The van der Waals surface area contributed by atoms with E-state index in [-0.39, 0.29) is 0 Å². The van der Waals surface area contributed by atoms with Gasteiger partial charge in [-0.15, -0.1) is 0 Å². The summed E-state index contributed by atoms with van der Waals surface area (Å²) in [5.41, 5.74) is 0. The third-order valence-electron chi connectivity index (χ3n) is 1.74. The summed E-state index contributed by atoms with van der Waals surface area (Å²) in [7, 11) is 0. The smallest absolute Gasteiger partial charge is 0.0456 e. The molecule has 0 spiro atoms. The van der Waals surface area contributed by atoms with E-state index in [9.17, 15) is 0 Å². The average Bonchev–Trinajstić information content (AvgIpc) is 2.50. The molecule has 1 rings (SSSR count). The van der Waals surface area contributed by atoms with E-state index in [1.165, 1.54) is 19.3 Å². The van der Waals surface area contributed by atoms with Gasteiger partial charge in [0.2, 0.25) is 0 Å². The van der Waals surface area contributed by atoms with Gasteiger partial charge in [-0.1, -0.05) is 19.8 Å². The van der Waals surface area contributed by atoms with Gasteiger partial charge in [-0.2, -0.15) is 0 Å². The summed E-state index contributed by atoms with van der Waals surface area (Å²) in [6.07, 6.45) is 4.06. The van der Waals surface area contributed by atoms with Crippen molar-refractivity contribution in [1.82, 2.24) is 0 Å². The van der Waals surface area contributed by atoms with E-state index in [0.717, 1.165) is 5.92 Å². The Labute approximate surface area is 50.7 Å². The van der Waals surface area contributed by atoms with Gasteiger partial charge in [0.15, 0.2) is 0 Å². The first-order chi connectivity index (χ1) is 3.83. The average molecular weight is 114 g/mol. The summed E-state index contributed by atoms with van der Waals surface area (Å²) < 4.78 is 0. The Kier molecular flexibility index (Phi) is 1.90. The Morgan fingerprint density at radius 3 is 2.62 bits per heavy atom. The largest absolute Gasteiger partial charge is 0.396 e. The van der Waals surface area contributed by atoms with Crippen molar-refractivity contribution < 1.29 is 5.11 Å². The van der Waals surface area contributed by atoms with Crippen LogP contribution in [0.1, 0.15) is 26.2 Å². The minimum absolute atomic E-state index is 0.372. The van der Waals surface area contributed by atoms with Crippen LogP contribution in [0.15, 0.2) is 0 Å². The molecule has 0 bridgehead atoms. The molecule has 1 fully saturated rings. The molecule has 0 radical (unpaired) electrons. The first-order valence-electron chi connectivity index (χ1n) is 3.43. The zero-order valence-electron chi connectivity index (χ0n) is 5.43. The molecule has 0 unspecified atom stereocenters. The normalized spacial score (nSPS) is 23.2. The van der Waals surface area contributed by atoms with Gasteiger partial charge in [-0.3, -0.25) is 0 Å². The van der Waals surface area contributed by atoms with Crippen LogP contribution < -0.4 is 0 Å². The second kappa shape index (κ2) is 2.49. The molecule has 8 heavy (non-hydrogen) atoms. The van der Waals surface area contributed by atoms with Crippen LogP contribution in [0, 0.1) is 11.8 Å². The molecule has 1 aliphatic carbocycles. The molecule has 1 nitrogen and oxygen atoms in total. The molecule has 0 heterocycles. The molecule has 0 saturated heterocycles. The first kappa shape index (κ1) is 6.09. The van der Waals surface area contributed by atoms with Crippen molar-refractivity contribution in [2.75, 3.05) is 6.61 Å². The van der Waals surface area contributed by atoms with E-state index < -0.39 is 0 Å². The summed E-state index contributed by atoms with van der Waals surface area (Å²) in [5.74, 6) is 1.51. The highest BCUT2D eigenvalue weighted by Crippen LogP contribution is 2.34. The minimum atomic E-state index is 0.372. The molecule has 0 aliphatic heterocycles. The molecular weight excluding hydrogens is 100 g/mol.